The standard InChI is InChI=1S/C11H19ClN2S/c1-11(2,3)4-9(12)5-13-6-10-7-14-8-15-10/h7-9,13H,4-6H2,1-3H3. The van der Waals surface area contributed by atoms with Crippen LogP contribution in [0.25, 0.3) is 0 Å². The number of aromatic nitrogens is 1. The summed E-state index contributed by atoms with van der Waals surface area (Å²) in [7, 11) is 0. The van der Waals surface area contributed by atoms with Gasteiger partial charge in [-0.15, -0.1) is 22.9 Å². The first kappa shape index (κ1) is 12.9. The van der Waals surface area contributed by atoms with Crippen molar-refractivity contribution in [1.82, 2.24) is 10.3 Å². The highest BCUT2D eigenvalue weighted by Gasteiger charge is 2.16. The highest BCUT2D eigenvalue weighted by molar-refractivity contribution is 7.09. The number of rotatable bonds is 5. The lowest BCUT2D eigenvalue weighted by Crippen LogP contribution is -2.26. The number of halogens is 1. The lowest BCUT2D eigenvalue weighted by molar-refractivity contribution is 0.365. The van der Waals surface area contributed by atoms with Crippen molar-refractivity contribution in [2.45, 2.75) is 39.1 Å². The largest absolute Gasteiger partial charge is 0.310 e. The van der Waals surface area contributed by atoms with Crippen LogP contribution in [0.1, 0.15) is 32.1 Å². The van der Waals surface area contributed by atoms with Crippen molar-refractivity contribution in [3.63, 3.8) is 0 Å². The van der Waals surface area contributed by atoms with E-state index in [-0.39, 0.29) is 5.38 Å². The summed E-state index contributed by atoms with van der Waals surface area (Å²) in [6.45, 7) is 8.37. The Morgan fingerprint density at radius 2 is 2.27 bits per heavy atom. The molecule has 86 valence electrons. The highest BCUT2D eigenvalue weighted by Crippen LogP contribution is 2.23. The summed E-state index contributed by atoms with van der Waals surface area (Å²) >= 11 is 7.90. The van der Waals surface area contributed by atoms with E-state index in [4.69, 9.17) is 11.6 Å². The summed E-state index contributed by atoms with van der Waals surface area (Å²) in [5, 5.41) is 3.56. The van der Waals surface area contributed by atoms with Gasteiger partial charge in [0, 0.05) is 29.5 Å². The third-order valence-electron chi connectivity index (χ3n) is 1.98. The van der Waals surface area contributed by atoms with E-state index in [1.807, 2.05) is 11.7 Å². The molecule has 0 bridgehead atoms. The van der Waals surface area contributed by atoms with Gasteiger partial charge >= 0.3 is 0 Å². The van der Waals surface area contributed by atoms with Crippen LogP contribution in [-0.2, 0) is 6.54 Å². The fourth-order valence-electron chi connectivity index (χ4n) is 1.42. The van der Waals surface area contributed by atoms with E-state index in [1.54, 1.807) is 11.3 Å². The predicted molar refractivity (Wildman–Crippen MR) is 67.5 cm³/mol. The van der Waals surface area contributed by atoms with Crippen LogP contribution in [-0.4, -0.2) is 16.9 Å². The first-order chi connectivity index (χ1) is 6.97. The van der Waals surface area contributed by atoms with Gasteiger partial charge in [-0.1, -0.05) is 20.8 Å². The average Bonchev–Trinajstić information content (AvgIpc) is 2.53. The van der Waals surface area contributed by atoms with Crippen molar-refractivity contribution in [2.24, 2.45) is 5.41 Å². The molecular weight excluding hydrogens is 228 g/mol. The minimum atomic E-state index is 0.206. The number of nitrogens with zero attached hydrogens (tertiary/aromatic N) is 1. The SMILES string of the molecule is CC(C)(C)CC(Cl)CNCc1cncs1. The molecular formula is C11H19ClN2S. The molecule has 4 heteroatoms. The molecule has 0 radical (unpaired) electrons. The molecule has 1 rings (SSSR count). The Bertz CT molecular complexity index is 267. The lowest BCUT2D eigenvalue weighted by Gasteiger charge is -2.21. The molecule has 0 aliphatic rings. The van der Waals surface area contributed by atoms with Crippen molar-refractivity contribution < 1.29 is 0 Å². The first-order valence-electron chi connectivity index (χ1n) is 5.19. The zero-order chi connectivity index (χ0) is 11.3. The van der Waals surface area contributed by atoms with Gasteiger partial charge in [0.25, 0.3) is 0 Å². The molecule has 0 spiro atoms. The van der Waals surface area contributed by atoms with E-state index < -0.39 is 0 Å². The molecule has 0 aromatic carbocycles. The van der Waals surface area contributed by atoms with Gasteiger partial charge in [0.1, 0.15) is 0 Å². The van der Waals surface area contributed by atoms with Crippen LogP contribution in [0.2, 0.25) is 0 Å². The molecule has 1 aromatic heterocycles. The molecule has 1 aromatic rings. The molecule has 0 aliphatic heterocycles. The van der Waals surface area contributed by atoms with Crippen molar-refractivity contribution in [3.8, 4) is 0 Å². The maximum absolute atomic E-state index is 6.23. The zero-order valence-corrected chi connectivity index (χ0v) is 11.2. The third kappa shape index (κ3) is 6.13. The monoisotopic (exact) mass is 246 g/mol. The number of alkyl halides is 1. The molecule has 1 N–H and O–H groups in total. The molecule has 0 saturated heterocycles. The average molecular weight is 247 g/mol. The Balaban J connectivity index is 2.15. The zero-order valence-electron chi connectivity index (χ0n) is 9.59. The van der Waals surface area contributed by atoms with Crippen LogP contribution in [0.5, 0.6) is 0 Å². The maximum atomic E-state index is 6.23. The third-order valence-corrected chi connectivity index (χ3v) is 3.07. The van der Waals surface area contributed by atoms with Crippen LogP contribution in [0, 0.1) is 5.41 Å². The molecule has 2 nitrogen and oxygen atoms in total. The van der Waals surface area contributed by atoms with E-state index >= 15 is 0 Å². The van der Waals surface area contributed by atoms with Crippen molar-refractivity contribution in [1.29, 1.82) is 0 Å². The molecule has 0 amide bonds. The molecule has 0 aliphatic carbocycles. The van der Waals surface area contributed by atoms with E-state index in [0.717, 1.165) is 19.5 Å². The van der Waals surface area contributed by atoms with Gasteiger partial charge in [-0.05, 0) is 11.8 Å². The molecule has 0 saturated carbocycles. The summed E-state index contributed by atoms with van der Waals surface area (Å²) in [4.78, 5) is 5.28. The number of nitrogens with one attached hydrogen (secondary N) is 1. The summed E-state index contributed by atoms with van der Waals surface area (Å²) in [5.74, 6) is 0. The van der Waals surface area contributed by atoms with Gasteiger partial charge in [-0.25, -0.2) is 0 Å². The van der Waals surface area contributed by atoms with Crippen LogP contribution in [0.4, 0.5) is 0 Å². The fourth-order valence-corrected chi connectivity index (χ4v) is 2.55. The van der Waals surface area contributed by atoms with Gasteiger partial charge in [0.05, 0.1) is 5.51 Å². The topological polar surface area (TPSA) is 24.9 Å². The molecule has 1 unspecified atom stereocenters. The summed E-state index contributed by atoms with van der Waals surface area (Å²) in [6, 6.07) is 0. The quantitative estimate of drug-likeness (QED) is 0.807. The van der Waals surface area contributed by atoms with E-state index in [2.05, 4.69) is 31.1 Å². The number of hydrogen-bond donors (Lipinski definition) is 1. The number of hydrogen-bond acceptors (Lipinski definition) is 3. The Labute approximate surface area is 101 Å². The maximum Gasteiger partial charge on any atom is 0.0794 e. The Hall–Kier alpha value is -0.120. The highest BCUT2D eigenvalue weighted by atomic mass is 35.5. The van der Waals surface area contributed by atoms with E-state index in [0.29, 0.717) is 5.41 Å². The Kier molecular flexibility index (Phi) is 5.03. The van der Waals surface area contributed by atoms with Gasteiger partial charge in [0.15, 0.2) is 0 Å². The summed E-state index contributed by atoms with van der Waals surface area (Å²) in [5.41, 5.74) is 2.16. The van der Waals surface area contributed by atoms with Gasteiger partial charge < -0.3 is 5.32 Å². The molecule has 1 atom stereocenters. The van der Waals surface area contributed by atoms with Crippen molar-refractivity contribution in [2.75, 3.05) is 6.54 Å². The molecule has 15 heavy (non-hydrogen) atoms. The van der Waals surface area contributed by atoms with Crippen molar-refractivity contribution >= 4 is 22.9 Å². The van der Waals surface area contributed by atoms with Crippen LogP contribution >= 0.6 is 22.9 Å². The summed E-state index contributed by atoms with van der Waals surface area (Å²) < 4.78 is 0. The second kappa shape index (κ2) is 5.83. The first-order valence-corrected chi connectivity index (χ1v) is 6.51. The van der Waals surface area contributed by atoms with E-state index in [9.17, 15) is 0 Å². The van der Waals surface area contributed by atoms with Crippen LogP contribution in [0.15, 0.2) is 11.7 Å². The number of thiazole rings is 1. The van der Waals surface area contributed by atoms with Gasteiger partial charge in [-0.2, -0.15) is 0 Å². The van der Waals surface area contributed by atoms with Gasteiger partial charge in [-0.3, -0.25) is 4.98 Å². The second-order valence-corrected chi connectivity index (χ2v) is 6.55. The van der Waals surface area contributed by atoms with Gasteiger partial charge in [0.2, 0.25) is 0 Å². The predicted octanol–water partition coefficient (Wildman–Crippen LogP) is 3.28. The summed E-state index contributed by atoms with van der Waals surface area (Å²) in [6.07, 6.45) is 2.93. The minimum Gasteiger partial charge on any atom is -0.310 e. The lowest BCUT2D eigenvalue weighted by atomic mass is 9.90. The smallest absolute Gasteiger partial charge is 0.0794 e. The Morgan fingerprint density at radius 1 is 1.53 bits per heavy atom. The minimum absolute atomic E-state index is 0.206. The molecule has 1 heterocycles. The fraction of sp³-hybridized carbons (Fsp3) is 0.727. The second-order valence-electron chi connectivity index (χ2n) is 4.96. The van der Waals surface area contributed by atoms with Crippen LogP contribution in [0.3, 0.4) is 0 Å². The molecule has 0 fully saturated rings. The Morgan fingerprint density at radius 3 is 2.80 bits per heavy atom. The van der Waals surface area contributed by atoms with E-state index in [1.165, 1.54) is 4.88 Å². The van der Waals surface area contributed by atoms with Crippen LogP contribution < -0.4 is 5.32 Å². The normalized spacial score (nSPS) is 14.1. The van der Waals surface area contributed by atoms with Crippen molar-refractivity contribution in [3.05, 3.63) is 16.6 Å².